The van der Waals surface area contributed by atoms with Crippen molar-refractivity contribution in [1.82, 2.24) is 14.9 Å². The van der Waals surface area contributed by atoms with Crippen molar-refractivity contribution < 1.29 is 18.9 Å². The van der Waals surface area contributed by atoms with Crippen LogP contribution < -0.4 is 29.6 Å². The number of ether oxygens (including phenoxy) is 4. The Morgan fingerprint density at radius 1 is 1.07 bits per heavy atom. The summed E-state index contributed by atoms with van der Waals surface area (Å²) in [6.07, 6.45) is 1.61. The molecule has 0 spiro atoms. The zero-order chi connectivity index (χ0) is 19.5. The van der Waals surface area contributed by atoms with Crippen molar-refractivity contribution in [3.63, 3.8) is 0 Å². The minimum absolute atomic E-state index is 0.0799. The first kappa shape index (κ1) is 18.4. The highest BCUT2D eigenvalue weighted by atomic mass is 16.6. The summed E-state index contributed by atoms with van der Waals surface area (Å²) < 4.78 is 22.9. The quantitative estimate of drug-likeness (QED) is 0.807. The average Bonchev–Trinajstić information content (AvgIpc) is 2.73. The van der Waals surface area contributed by atoms with Gasteiger partial charge >= 0.3 is 0 Å². The lowest BCUT2D eigenvalue weighted by molar-refractivity contribution is 0.0522. The number of nitrogens with two attached hydrogens (primary N) is 1. The Morgan fingerprint density at radius 2 is 1.79 bits per heavy atom. The highest BCUT2D eigenvalue weighted by Crippen LogP contribution is 2.46. The number of aromatic nitrogens is 2. The molecule has 0 aliphatic carbocycles. The van der Waals surface area contributed by atoms with Gasteiger partial charge in [0.25, 0.3) is 0 Å². The van der Waals surface area contributed by atoms with Gasteiger partial charge in [-0.3, -0.25) is 4.90 Å². The number of hydrogen-bond donors (Lipinski definition) is 1. The fourth-order valence-corrected chi connectivity index (χ4v) is 3.50. The van der Waals surface area contributed by atoms with Crippen molar-refractivity contribution in [1.29, 1.82) is 0 Å². The fourth-order valence-electron chi connectivity index (χ4n) is 3.50. The molecule has 2 aromatic rings. The number of benzene rings is 1. The van der Waals surface area contributed by atoms with Gasteiger partial charge < -0.3 is 29.6 Å². The summed E-state index contributed by atoms with van der Waals surface area (Å²) in [5.41, 5.74) is 5.76. The lowest BCUT2D eigenvalue weighted by Gasteiger charge is -2.37. The van der Waals surface area contributed by atoms with E-state index in [9.17, 15) is 0 Å². The summed E-state index contributed by atoms with van der Waals surface area (Å²) in [7, 11) is 3.23. The maximum absolute atomic E-state index is 6.20. The highest BCUT2D eigenvalue weighted by Gasteiger charge is 2.30. The lowest BCUT2D eigenvalue weighted by atomic mass is 10.2. The molecule has 0 saturated carbocycles. The van der Waals surface area contributed by atoms with Gasteiger partial charge in [0.2, 0.25) is 17.4 Å². The van der Waals surface area contributed by atoms with Gasteiger partial charge in [0.1, 0.15) is 18.5 Å². The molecule has 2 aliphatic rings. The second-order valence-corrected chi connectivity index (χ2v) is 6.75. The third-order valence-electron chi connectivity index (χ3n) is 4.96. The van der Waals surface area contributed by atoms with Crippen LogP contribution in [0.1, 0.15) is 0 Å². The van der Waals surface area contributed by atoms with E-state index in [1.807, 2.05) is 12.1 Å². The molecule has 1 saturated heterocycles. The molecule has 0 radical (unpaired) electrons. The topological polar surface area (TPSA) is 95.2 Å². The van der Waals surface area contributed by atoms with Crippen LogP contribution in [0.4, 0.5) is 11.8 Å². The van der Waals surface area contributed by atoms with E-state index in [4.69, 9.17) is 24.7 Å². The van der Waals surface area contributed by atoms with E-state index in [2.05, 4.69) is 19.8 Å². The van der Waals surface area contributed by atoms with Gasteiger partial charge in [0, 0.05) is 38.9 Å². The van der Waals surface area contributed by atoms with Crippen molar-refractivity contribution >= 4 is 11.8 Å². The van der Waals surface area contributed by atoms with Gasteiger partial charge in [0.15, 0.2) is 11.5 Å². The van der Waals surface area contributed by atoms with Crippen LogP contribution in [0.5, 0.6) is 23.0 Å². The first-order valence-corrected chi connectivity index (χ1v) is 9.28. The smallest absolute Gasteiger partial charge is 0.227 e. The molecule has 1 unspecified atom stereocenters. The Labute approximate surface area is 164 Å². The zero-order valence-electron chi connectivity index (χ0n) is 16.1. The SMILES string of the molecule is COc1ccc(OC)c2c1OCC(CN1CCN(c3nccc(N)n3)CC1)O2. The van der Waals surface area contributed by atoms with Crippen molar-refractivity contribution in [2.24, 2.45) is 0 Å². The van der Waals surface area contributed by atoms with Gasteiger partial charge in [0.05, 0.1) is 14.2 Å². The van der Waals surface area contributed by atoms with Crippen molar-refractivity contribution in [3.8, 4) is 23.0 Å². The molecule has 4 rings (SSSR count). The monoisotopic (exact) mass is 387 g/mol. The molecule has 0 bridgehead atoms. The Balaban J connectivity index is 1.37. The minimum atomic E-state index is -0.0799. The van der Waals surface area contributed by atoms with Crippen LogP contribution in [-0.2, 0) is 0 Å². The van der Waals surface area contributed by atoms with Gasteiger partial charge in [-0.05, 0) is 18.2 Å². The fraction of sp³-hybridized carbons (Fsp3) is 0.474. The molecule has 1 atom stereocenters. The number of fused-ring (bicyclic) bond motifs is 1. The van der Waals surface area contributed by atoms with Crippen molar-refractivity contribution in [2.45, 2.75) is 6.10 Å². The van der Waals surface area contributed by atoms with E-state index in [-0.39, 0.29) is 6.10 Å². The van der Waals surface area contributed by atoms with Crippen molar-refractivity contribution in [3.05, 3.63) is 24.4 Å². The van der Waals surface area contributed by atoms with Crippen LogP contribution in [-0.4, -0.2) is 74.5 Å². The Kier molecular flexibility index (Phi) is 5.25. The van der Waals surface area contributed by atoms with E-state index in [0.29, 0.717) is 41.4 Å². The van der Waals surface area contributed by atoms with Crippen LogP contribution in [0.3, 0.4) is 0 Å². The predicted octanol–water partition coefficient (Wildman–Crippen LogP) is 1.04. The first-order chi connectivity index (χ1) is 13.7. The number of nitrogens with zero attached hydrogens (tertiary/aromatic N) is 4. The number of hydrogen-bond acceptors (Lipinski definition) is 9. The first-order valence-electron chi connectivity index (χ1n) is 9.28. The molecule has 1 fully saturated rings. The third kappa shape index (κ3) is 3.70. The molecule has 150 valence electrons. The zero-order valence-corrected chi connectivity index (χ0v) is 16.1. The minimum Gasteiger partial charge on any atom is -0.493 e. The van der Waals surface area contributed by atoms with Crippen LogP contribution >= 0.6 is 0 Å². The normalized spacial score (nSPS) is 19.4. The summed E-state index contributed by atoms with van der Waals surface area (Å²) in [6, 6.07) is 5.34. The number of anilines is 2. The van der Waals surface area contributed by atoms with Crippen LogP contribution in [0.25, 0.3) is 0 Å². The molecule has 9 heteroatoms. The van der Waals surface area contributed by atoms with E-state index in [1.54, 1.807) is 26.5 Å². The summed E-state index contributed by atoms with van der Waals surface area (Å²) in [4.78, 5) is 13.1. The molecule has 3 heterocycles. The van der Waals surface area contributed by atoms with E-state index in [1.165, 1.54) is 0 Å². The molecule has 1 aromatic heterocycles. The summed E-state index contributed by atoms with van der Waals surface area (Å²) in [5.74, 6) is 3.66. The molecule has 28 heavy (non-hydrogen) atoms. The largest absolute Gasteiger partial charge is 0.493 e. The van der Waals surface area contributed by atoms with Gasteiger partial charge in [-0.25, -0.2) is 4.98 Å². The maximum atomic E-state index is 6.20. The molecule has 0 amide bonds. The Morgan fingerprint density at radius 3 is 2.46 bits per heavy atom. The molecular weight excluding hydrogens is 362 g/mol. The third-order valence-corrected chi connectivity index (χ3v) is 4.96. The second-order valence-electron chi connectivity index (χ2n) is 6.75. The number of rotatable bonds is 5. The number of nitrogen functional groups attached to an aromatic ring is 1. The number of methoxy groups -OCH3 is 2. The summed E-state index contributed by atoms with van der Waals surface area (Å²) in [5, 5.41) is 0. The molecular formula is C19H25N5O4. The van der Waals surface area contributed by atoms with E-state index < -0.39 is 0 Å². The van der Waals surface area contributed by atoms with Gasteiger partial charge in [-0.1, -0.05) is 0 Å². The molecule has 2 aliphatic heterocycles. The van der Waals surface area contributed by atoms with Crippen molar-refractivity contribution in [2.75, 3.05) is 64.2 Å². The predicted molar refractivity (Wildman–Crippen MR) is 105 cm³/mol. The van der Waals surface area contributed by atoms with E-state index in [0.717, 1.165) is 32.7 Å². The van der Waals surface area contributed by atoms with Crippen LogP contribution in [0, 0.1) is 0 Å². The average molecular weight is 387 g/mol. The second kappa shape index (κ2) is 7.97. The Bertz CT molecular complexity index is 826. The molecule has 1 aromatic carbocycles. The highest BCUT2D eigenvalue weighted by molar-refractivity contribution is 5.59. The van der Waals surface area contributed by atoms with E-state index >= 15 is 0 Å². The van der Waals surface area contributed by atoms with Gasteiger partial charge in [-0.2, -0.15) is 4.98 Å². The Hall–Kier alpha value is -2.94. The lowest BCUT2D eigenvalue weighted by Crippen LogP contribution is -2.51. The summed E-state index contributed by atoms with van der Waals surface area (Å²) in [6.45, 7) is 4.69. The number of piperazine rings is 1. The molecule has 9 nitrogen and oxygen atoms in total. The molecule has 2 N–H and O–H groups in total. The standard InChI is InChI=1S/C19H25N5O4/c1-25-14-3-4-15(26-2)18-17(14)27-12-13(28-18)11-23-7-9-24(10-8-23)19-21-6-5-16(20)22-19/h3-6,13H,7-12H2,1-2H3,(H2,20,21,22). The van der Waals surface area contributed by atoms with Crippen LogP contribution in [0.2, 0.25) is 0 Å². The van der Waals surface area contributed by atoms with Crippen LogP contribution in [0.15, 0.2) is 24.4 Å². The van der Waals surface area contributed by atoms with Gasteiger partial charge in [-0.15, -0.1) is 0 Å². The summed E-state index contributed by atoms with van der Waals surface area (Å²) >= 11 is 0. The maximum Gasteiger partial charge on any atom is 0.227 e.